The Morgan fingerprint density at radius 3 is 2.76 bits per heavy atom. The summed E-state index contributed by atoms with van der Waals surface area (Å²) in [5.74, 6) is 1.47. The molecule has 0 radical (unpaired) electrons. The molecule has 6 heteroatoms. The molecule has 1 heterocycles. The fraction of sp³-hybridized carbons (Fsp3) is 0.579. The number of hydrogen-bond donors (Lipinski definition) is 1. The third kappa shape index (κ3) is 5.96. The Kier molecular flexibility index (Phi) is 7.10. The van der Waals surface area contributed by atoms with Gasteiger partial charge in [0.1, 0.15) is 12.3 Å². The van der Waals surface area contributed by atoms with Gasteiger partial charge in [-0.1, -0.05) is 32.0 Å². The van der Waals surface area contributed by atoms with Gasteiger partial charge in [0.05, 0.1) is 6.61 Å². The Hall–Kier alpha value is -2.24. The number of carbonyl (C=O) groups is 2. The zero-order valence-electron chi connectivity index (χ0n) is 15.5. The number of benzene rings is 1. The van der Waals surface area contributed by atoms with Gasteiger partial charge in [0.25, 0.3) is 0 Å². The number of likely N-dealkylation sites (N-methyl/N-ethyl adjacent to an activating group) is 1. The summed E-state index contributed by atoms with van der Waals surface area (Å²) < 4.78 is 5.87. The molecule has 1 aliphatic rings. The van der Waals surface area contributed by atoms with Crippen LogP contribution in [0.2, 0.25) is 0 Å². The first-order valence-corrected chi connectivity index (χ1v) is 8.95. The van der Waals surface area contributed by atoms with Gasteiger partial charge in [-0.15, -0.1) is 0 Å². The standard InChI is InChI=1S/C19H29N3O3/c1-15(2)9-13-25-17-7-5-4-6-16(17)8-10-20-19(24)22-12-11-21(3)18(23)14-22/h4-7,15H,8-14H2,1-3H3,(H,20,24). The number of nitrogens with one attached hydrogen (secondary N) is 1. The normalized spacial score (nSPS) is 14.8. The molecule has 0 unspecified atom stereocenters. The molecule has 0 bridgehead atoms. The van der Waals surface area contributed by atoms with Crippen LogP contribution in [0.4, 0.5) is 4.79 Å². The smallest absolute Gasteiger partial charge is 0.317 e. The molecule has 2 rings (SSSR count). The van der Waals surface area contributed by atoms with Gasteiger partial charge in [-0.05, 0) is 30.4 Å². The molecule has 3 amide bonds. The van der Waals surface area contributed by atoms with Gasteiger partial charge in [0.2, 0.25) is 5.91 Å². The van der Waals surface area contributed by atoms with Crippen LogP contribution in [0, 0.1) is 5.92 Å². The van der Waals surface area contributed by atoms with Crippen molar-refractivity contribution in [2.75, 3.05) is 39.8 Å². The van der Waals surface area contributed by atoms with E-state index in [4.69, 9.17) is 4.74 Å². The number of rotatable bonds is 7. The van der Waals surface area contributed by atoms with E-state index in [-0.39, 0.29) is 18.5 Å². The van der Waals surface area contributed by atoms with Crippen molar-refractivity contribution in [3.8, 4) is 5.75 Å². The topological polar surface area (TPSA) is 61.9 Å². The van der Waals surface area contributed by atoms with Crippen LogP contribution in [0.1, 0.15) is 25.8 Å². The number of carbonyl (C=O) groups excluding carboxylic acids is 2. The molecule has 0 saturated carbocycles. The van der Waals surface area contributed by atoms with Crippen LogP contribution in [-0.2, 0) is 11.2 Å². The lowest BCUT2D eigenvalue weighted by Gasteiger charge is -2.31. The van der Waals surface area contributed by atoms with Crippen molar-refractivity contribution in [1.29, 1.82) is 0 Å². The summed E-state index contributed by atoms with van der Waals surface area (Å²) in [4.78, 5) is 27.1. The lowest BCUT2D eigenvalue weighted by molar-refractivity contribution is -0.133. The molecule has 1 N–H and O–H groups in total. The zero-order chi connectivity index (χ0) is 18.2. The van der Waals surface area contributed by atoms with Crippen molar-refractivity contribution in [2.24, 2.45) is 5.92 Å². The lowest BCUT2D eigenvalue weighted by atomic mass is 10.1. The predicted molar refractivity (Wildman–Crippen MR) is 97.7 cm³/mol. The molecule has 1 aromatic rings. The van der Waals surface area contributed by atoms with Crippen LogP contribution in [-0.4, -0.2) is 61.6 Å². The van der Waals surface area contributed by atoms with Crippen LogP contribution in [0.3, 0.4) is 0 Å². The van der Waals surface area contributed by atoms with E-state index in [1.807, 2.05) is 24.3 Å². The summed E-state index contributed by atoms with van der Waals surface area (Å²) in [5.41, 5.74) is 1.08. The minimum Gasteiger partial charge on any atom is -0.493 e. The molecule has 0 aromatic heterocycles. The summed E-state index contributed by atoms with van der Waals surface area (Å²) in [6.45, 7) is 6.87. The van der Waals surface area contributed by atoms with Gasteiger partial charge in [0.15, 0.2) is 0 Å². The average Bonchev–Trinajstić information content (AvgIpc) is 2.58. The first kappa shape index (κ1) is 19.1. The number of amides is 3. The van der Waals surface area contributed by atoms with Crippen LogP contribution in [0.25, 0.3) is 0 Å². The van der Waals surface area contributed by atoms with Gasteiger partial charge >= 0.3 is 6.03 Å². The van der Waals surface area contributed by atoms with E-state index in [2.05, 4.69) is 19.2 Å². The zero-order valence-corrected chi connectivity index (χ0v) is 15.5. The van der Waals surface area contributed by atoms with Crippen molar-refractivity contribution < 1.29 is 14.3 Å². The van der Waals surface area contributed by atoms with Crippen LogP contribution in [0.15, 0.2) is 24.3 Å². The number of nitrogens with zero attached hydrogens (tertiary/aromatic N) is 2. The van der Waals surface area contributed by atoms with Crippen LogP contribution >= 0.6 is 0 Å². The molecule has 6 nitrogen and oxygen atoms in total. The maximum absolute atomic E-state index is 12.2. The summed E-state index contributed by atoms with van der Waals surface area (Å²) in [5, 5.41) is 2.90. The van der Waals surface area contributed by atoms with Crippen molar-refractivity contribution >= 4 is 11.9 Å². The number of piperazine rings is 1. The Morgan fingerprint density at radius 2 is 2.04 bits per heavy atom. The van der Waals surface area contributed by atoms with E-state index in [0.717, 1.165) is 17.7 Å². The average molecular weight is 347 g/mol. The monoisotopic (exact) mass is 347 g/mol. The van der Waals surface area contributed by atoms with Crippen molar-refractivity contribution in [1.82, 2.24) is 15.1 Å². The lowest BCUT2D eigenvalue weighted by Crippen LogP contribution is -2.53. The summed E-state index contributed by atoms with van der Waals surface area (Å²) in [7, 11) is 1.76. The van der Waals surface area contributed by atoms with E-state index in [9.17, 15) is 9.59 Å². The van der Waals surface area contributed by atoms with Gasteiger partial charge in [-0.25, -0.2) is 4.79 Å². The highest BCUT2D eigenvalue weighted by molar-refractivity contribution is 5.85. The van der Waals surface area contributed by atoms with E-state index in [0.29, 0.717) is 38.6 Å². The van der Waals surface area contributed by atoms with Gasteiger partial charge in [0, 0.05) is 26.7 Å². The van der Waals surface area contributed by atoms with Gasteiger partial charge < -0.3 is 19.9 Å². The quantitative estimate of drug-likeness (QED) is 0.822. The minimum absolute atomic E-state index is 0.0229. The molecule has 1 fully saturated rings. The maximum atomic E-state index is 12.2. The van der Waals surface area contributed by atoms with Crippen molar-refractivity contribution in [3.63, 3.8) is 0 Å². The largest absolute Gasteiger partial charge is 0.493 e. The molecule has 1 saturated heterocycles. The Morgan fingerprint density at radius 1 is 1.28 bits per heavy atom. The Labute approximate surface area is 150 Å². The highest BCUT2D eigenvalue weighted by Gasteiger charge is 2.24. The molecule has 0 atom stereocenters. The first-order chi connectivity index (χ1) is 12.0. The Bertz CT molecular complexity index is 589. The summed E-state index contributed by atoms with van der Waals surface area (Å²) >= 11 is 0. The van der Waals surface area contributed by atoms with E-state index in [1.54, 1.807) is 16.8 Å². The molecule has 0 aliphatic carbocycles. The van der Waals surface area contributed by atoms with Crippen molar-refractivity contribution in [3.05, 3.63) is 29.8 Å². The second kappa shape index (κ2) is 9.30. The third-order valence-corrected chi connectivity index (χ3v) is 4.34. The SMILES string of the molecule is CC(C)CCOc1ccccc1CCNC(=O)N1CCN(C)C(=O)C1. The van der Waals surface area contributed by atoms with Crippen LogP contribution in [0.5, 0.6) is 5.75 Å². The molecule has 1 aromatic carbocycles. The fourth-order valence-electron chi connectivity index (χ4n) is 2.60. The Balaban J connectivity index is 1.79. The van der Waals surface area contributed by atoms with Gasteiger partial charge in [-0.2, -0.15) is 0 Å². The molecular formula is C19H29N3O3. The summed E-state index contributed by atoms with van der Waals surface area (Å²) in [6, 6.07) is 7.75. The highest BCUT2D eigenvalue weighted by Crippen LogP contribution is 2.19. The van der Waals surface area contributed by atoms with Crippen molar-refractivity contribution in [2.45, 2.75) is 26.7 Å². The van der Waals surface area contributed by atoms with E-state index in [1.165, 1.54) is 0 Å². The fourth-order valence-corrected chi connectivity index (χ4v) is 2.60. The molecule has 25 heavy (non-hydrogen) atoms. The summed E-state index contributed by atoms with van der Waals surface area (Å²) in [6.07, 6.45) is 1.72. The second-order valence-electron chi connectivity index (χ2n) is 6.86. The van der Waals surface area contributed by atoms with Crippen LogP contribution < -0.4 is 10.1 Å². The molecule has 138 valence electrons. The minimum atomic E-state index is -0.181. The van der Waals surface area contributed by atoms with Gasteiger partial charge in [-0.3, -0.25) is 4.79 Å². The number of para-hydroxylation sites is 1. The number of urea groups is 1. The predicted octanol–water partition coefficient (Wildman–Crippen LogP) is 2.14. The molecule has 0 spiro atoms. The second-order valence-corrected chi connectivity index (χ2v) is 6.86. The van der Waals surface area contributed by atoms with E-state index < -0.39 is 0 Å². The third-order valence-electron chi connectivity index (χ3n) is 4.34. The molecule has 1 aliphatic heterocycles. The maximum Gasteiger partial charge on any atom is 0.317 e. The number of hydrogen-bond acceptors (Lipinski definition) is 3. The number of ether oxygens (including phenoxy) is 1. The first-order valence-electron chi connectivity index (χ1n) is 8.95. The molecular weight excluding hydrogens is 318 g/mol. The van der Waals surface area contributed by atoms with E-state index >= 15 is 0 Å². The highest BCUT2D eigenvalue weighted by atomic mass is 16.5.